The Labute approximate surface area is 138 Å². The van der Waals surface area contributed by atoms with Crippen LogP contribution < -0.4 is 10.1 Å². The average molecular weight is 317 g/mol. The highest BCUT2D eigenvalue weighted by Gasteiger charge is 2.26. The van der Waals surface area contributed by atoms with Gasteiger partial charge in [-0.2, -0.15) is 5.10 Å². The van der Waals surface area contributed by atoms with Gasteiger partial charge in [-0.15, -0.1) is 0 Å². The first-order valence-electron chi connectivity index (χ1n) is 7.92. The number of methoxy groups -OCH3 is 1. The zero-order chi connectivity index (χ0) is 17.0. The second-order valence-corrected chi connectivity index (χ2v) is 6.41. The third kappa shape index (κ3) is 4.33. The highest BCUT2D eigenvalue weighted by molar-refractivity contribution is 5.29. The van der Waals surface area contributed by atoms with Crippen molar-refractivity contribution in [1.29, 1.82) is 0 Å². The zero-order valence-electron chi connectivity index (χ0n) is 14.6. The molecule has 2 rings (SSSR count). The van der Waals surface area contributed by atoms with Gasteiger partial charge in [0.2, 0.25) is 0 Å². The van der Waals surface area contributed by atoms with Crippen molar-refractivity contribution in [3.63, 3.8) is 0 Å². The number of hydrogen-bond acceptors (Lipinski definition) is 4. The van der Waals surface area contributed by atoms with Gasteiger partial charge in [-0.05, 0) is 37.5 Å². The summed E-state index contributed by atoms with van der Waals surface area (Å²) < 4.78 is 6.90. The topological polar surface area (TPSA) is 59.3 Å². The van der Waals surface area contributed by atoms with Crippen LogP contribution in [-0.2, 0) is 12.6 Å². The number of nitrogens with zero attached hydrogens (tertiary/aromatic N) is 2. The molecule has 0 spiro atoms. The summed E-state index contributed by atoms with van der Waals surface area (Å²) in [5.41, 5.74) is 1.12. The quantitative estimate of drug-likeness (QED) is 0.823. The molecule has 0 aliphatic heterocycles. The highest BCUT2D eigenvalue weighted by Crippen LogP contribution is 2.23. The molecule has 23 heavy (non-hydrogen) atoms. The molecule has 0 bridgehead atoms. The van der Waals surface area contributed by atoms with Crippen LogP contribution in [0.15, 0.2) is 36.7 Å². The number of aryl methyl sites for hydroxylation is 1. The standard InChI is InChI=1S/C18H27N3O2/c1-13(15-6-8-17(23-5)9-7-15)14(2)19-12-18(3,22)16-10-20-21(4)11-16/h6-11,13-14,19,22H,12H2,1-5H3/t13-,14+,18-/m1/s1. The van der Waals surface area contributed by atoms with E-state index in [1.165, 1.54) is 5.56 Å². The second kappa shape index (κ2) is 7.15. The fraction of sp³-hybridized carbons (Fsp3) is 0.500. The average Bonchev–Trinajstić information content (AvgIpc) is 2.99. The summed E-state index contributed by atoms with van der Waals surface area (Å²) in [5, 5.41) is 18.2. The fourth-order valence-electron chi connectivity index (χ4n) is 2.53. The predicted molar refractivity (Wildman–Crippen MR) is 91.7 cm³/mol. The lowest BCUT2D eigenvalue weighted by Gasteiger charge is -2.28. The van der Waals surface area contributed by atoms with Gasteiger partial charge >= 0.3 is 0 Å². The van der Waals surface area contributed by atoms with Crippen LogP contribution in [0.25, 0.3) is 0 Å². The van der Waals surface area contributed by atoms with Gasteiger partial charge in [-0.25, -0.2) is 0 Å². The molecule has 0 amide bonds. The van der Waals surface area contributed by atoms with Gasteiger partial charge in [0.25, 0.3) is 0 Å². The Morgan fingerprint density at radius 3 is 2.48 bits per heavy atom. The molecular formula is C18H27N3O2. The van der Waals surface area contributed by atoms with Gasteiger partial charge < -0.3 is 15.2 Å². The van der Waals surface area contributed by atoms with Gasteiger partial charge in [0.15, 0.2) is 0 Å². The van der Waals surface area contributed by atoms with Crippen LogP contribution in [0.2, 0.25) is 0 Å². The summed E-state index contributed by atoms with van der Waals surface area (Å²) in [6.07, 6.45) is 3.55. The highest BCUT2D eigenvalue weighted by atomic mass is 16.5. The van der Waals surface area contributed by atoms with E-state index in [0.29, 0.717) is 12.5 Å². The maximum Gasteiger partial charge on any atom is 0.118 e. The molecule has 0 aliphatic rings. The van der Waals surface area contributed by atoms with Crippen molar-refractivity contribution in [2.75, 3.05) is 13.7 Å². The summed E-state index contributed by atoms with van der Waals surface area (Å²) in [7, 11) is 3.52. The van der Waals surface area contributed by atoms with Crippen molar-refractivity contribution < 1.29 is 9.84 Å². The molecule has 126 valence electrons. The van der Waals surface area contributed by atoms with E-state index >= 15 is 0 Å². The van der Waals surface area contributed by atoms with E-state index in [1.807, 2.05) is 32.3 Å². The third-order valence-electron chi connectivity index (χ3n) is 4.49. The minimum atomic E-state index is -0.942. The number of benzene rings is 1. The Bertz CT molecular complexity index is 619. The Morgan fingerprint density at radius 1 is 1.30 bits per heavy atom. The van der Waals surface area contributed by atoms with Crippen LogP contribution in [-0.4, -0.2) is 34.6 Å². The normalized spacial score (nSPS) is 16.6. The molecule has 0 radical (unpaired) electrons. The maximum atomic E-state index is 10.6. The molecular weight excluding hydrogens is 290 g/mol. The van der Waals surface area contributed by atoms with E-state index in [2.05, 4.69) is 36.4 Å². The zero-order valence-corrected chi connectivity index (χ0v) is 14.6. The molecule has 0 unspecified atom stereocenters. The summed E-state index contributed by atoms with van der Waals surface area (Å²) >= 11 is 0. The van der Waals surface area contributed by atoms with E-state index in [1.54, 1.807) is 18.0 Å². The van der Waals surface area contributed by atoms with Gasteiger partial charge in [0.1, 0.15) is 11.4 Å². The van der Waals surface area contributed by atoms with E-state index in [9.17, 15) is 5.11 Å². The van der Waals surface area contributed by atoms with E-state index < -0.39 is 5.60 Å². The smallest absolute Gasteiger partial charge is 0.118 e. The van der Waals surface area contributed by atoms with Crippen molar-refractivity contribution in [3.05, 3.63) is 47.8 Å². The Morgan fingerprint density at radius 2 is 1.96 bits per heavy atom. The number of hydrogen-bond donors (Lipinski definition) is 2. The Hall–Kier alpha value is -1.85. The van der Waals surface area contributed by atoms with Crippen molar-refractivity contribution in [2.24, 2.45) is 7.05 Å². The molecule has 5 heteroatoms. The lowest BCUT2D eigenvalue weighted by atomic mass is 9.93. The summed E-state index contributed by atoms with van der Waals surface area (Å²) in [6.45, 7) is 6.59. The first kappa shape index (κ1) is 17.5. The van der Waals surface area contributed by atoms with E-state index in [4.69, 9.17) is 4.74 Å². The fourth-order valence-corrected chi connectivity index (χ4v) is 2.53. The number of nitrogens with one attached hydrogen (secondary N) is 1. The third-order valence-corrected chi connectivity index (χ3v) is 4.49. The Balaban J connectivity index is 1.96. The summed E-state index contributed by atoms with van der Waals surface area (Å²) in [4.78, 5) is 0. The van der Waals surface area contributed by atoms with Crippen LogP contribution in [0, 0.1) is 0 Å². The predicted octanol–water partition coefficient (Wildman–Crippen LogP) is 2.42. The molecule has 0 aliphatic carbocycles. The van der Waals surface area contributed by atoms with E-state index in [0.717, 1.165) is 11.3 Å². The van der Waals surface area contributed by atoms with E-state index in [-0.39, 0.29) is 6.04 Å². The second-order valence-electron chi connectivity index (χ2n) is 6.41. The molecule has 2 aromatic rings. The minimum Gasteiger partial charge on any atom is -0.497 e. The molecule has 5 nitrogen and oxygen atoms in total. The van der Waals surface area contributed by atoms with Crippen molar-refractivity contribution in [3.8, 4) is 5.75 Å². The molecule has 1 heterocycles. The summed E-state index contributed by atoms with van der Waals surface area (Å²) in [6, 6.07) is 8.35. The summed E-state index contributed by atoms with van der Waals surface area (Å²) in [5.74, 6) is 1.19. The SMILES string of the molecule is COc1ccc([C@H](C)[C@H](C)NC[C@@](C)(O)c2cnn(C)c2)cc1. The van der Waals surface area contributed by atoms with Crippen LogP contribution in [0.5, 0.6) is 5.75 Å². The van der Waals surface area contributed by atoms with Crippen molar-refractivity contribution >= 4 is 0 Å². The number of ether oxygens (including phenoxy) is 1. The molecule has 1 aromatic carbocycles. The van der Waals surface area contributed by atoms with Crippen LogP contribution in [0.3, 0.4) is 0 Å². The number of aliphatic hydroxyl groups is 1. The first-order chi connectivity index (χ1) is 10.8. The van der Waals surface area contributed by atoms with Gasteiger partial charge in [0, 0.05) is 31.4 Å². The first-order valence-corrected chi connectivity index (χ1v) is 7.92. The van der Waals surface area contributed by atoms with Gasteiger partial charge in [-0.1, -0.05) is 19.1 Å². The number of aromatic nitrogens is 2. The van der Waals surface area contributed by atoms with Gasteiger partial charge in [-0.3, -0.25) is 4.68 Å². The van der Waals surface area contributed by atoms with Gasteiger partial charge in [0.05, 0.1) is 13.3 Å². The molecule has 0 fully saturated rings. The minimum absolute atomic E-state index is 0.228. The van der Waals surface area contributed by atoms with Crippen LogP contribution >= 0.6 is 0 Å². The van der Waals surface area contributed by atoms with Crippen LogP contribution in [0.4, 0.5) is 0 Å². The molecule has 2 N–H and O–H groups in total. The van der Waals surface area contributed by atoms with Crippen molar-refractivity contribution in [2.45, 2.75) is 38.3 Å². The molecule has 0 saturated carbocycles. The lowest BCUT2D eigenvalue weighted by Crippen LogP contribution is -2.41. The Kier molecular flexibility index (Phi) is 5.44. The van der Waals surface area contributed by atoms with Crippen LogP contribution in [0.1, 0.15) is 37.8 Å². The molecule has 0 saturated heterocycles. The number of rotatable bonds is 7. The molecule has 1 aromatic heterocycles. The molecule has 3 atom stereocenters. The lowest BCUT2D eigenvalue weighted by molar-refractivity contribution is 0.0535. The monoisotopic (exact) mass is 317 g/mol. The maximum absolute atomic E-state index is 10.6. The van der Waals surface area contributed by atoms with Crippen molar-refractivity contribution in [1.82, 2.24) is 15.1 Å². The largest absolute Gasteiger partial charge is 0.497 e.